The van der Waals surface area contributed by atoms with Crippen LogP contribution in [-0.2, 0) is 0 Å². The molecule has 0 saturated carbocycles. The van der Waals surface area contributed by atoms with Gasteiger partial charge in [0.25, 0.3) is 0 Å². The van der Waals surface area contributed by atoms with Crippen LogP contribution < -0.4 is 0 Å². The highest BCUT2D eigenvalue weighted by atomic mass is 127. The van der Waals surface area contributed by atoms with Crippen LogP contribution in [0.3, 0.4) is 0 Å². The van der Waals surface area contributed by atoms with Gasteiger partial charge in [0.15, 0.2) is 0 Å². The lowest BCUT2D eigenvalue weighted by atomic mass is 10.1. The fraction of sp³-hybridized carbons (Fsp3) is 0. The van der Waals surface area contributed by atoms with Crippen LogP contribution in [0.1, 0.15) is 0 Å². The molecule has 0 fully saturated rings. The maximum Gasteiger partial charge on any atom is 0.0843 e. The normalized spacial score (nSPS) is 10.1. The monoisotopic (exact) mass is 270 g/mol. The van der Waals surface area contributed by atoms with Gasteiger partial charge in [-0.3, -0.25) is 0 Å². The molecule has 12 heavy (non-hydrogen) atoms. The zero-order chi connectivity index (χ0) is 8.39. The number of halogens is 1. The van der Waals surface area contributed by atoms with E-state index in [1.165, 1.54) is 5.56 Å². The minimum atomic E-state index is 1.16. The smallest absolute Gasteiger partial charge is 0.0843 e. The predicted molar refractivity (Wildman–Crippen MR) is 57.1 cm³/mol. The fourth-order valence-electron chi connectivity index (χ4n) is 1.08. The minimum absolute atomic E-state index is 1.16. The summed E-state index contributed by atoms with van der Waals surface area (Å²) in [6, 6.07) is 10.2. The first-order chi connectivity index (χ1) is 5.86. The zero-order valence-electron chi connectivity index (χ0n) is 6.31. The second-order valence-electron chi connectivity index (χ2n) is 2.48. The van der Waals surface area contributed by atoms with E-state index >= 15 is 0 Å². The van der Waals surface area contributed by atoms with Gasteiger partial charge in [0.1, 0.15) is 0 Å². The first-order valence-electron chi connectivity index (χ1n) is 3.62. The highest BCUT2D eigenvalue weighted by Crippen LogP contribution is 2.17. The van der Waals surface area contributed by atoms with E-state index in [1.807, 2.05) is 30.6 Å². The molecular formula is C9H7IN2. The van der Waals surface area contributed by atoms with Gasteiger partial charge in [0.05, 0.1) is 29.1 Å². The molecule has 0 atom stereocenters. The van der Waals surface area contributed by atoms with Crippen molar-refractivity contribution in [2.75, 3.05) is 0 Å². The van der Waals surface area contributed by atoms with Gasteiger partial charge in [0.2, 0.25) is 0 Å². The summed E-state index contributed by atoms with van der Waals surface area (Å²) >= 11 is 2.13. The summed E-state index contributed by atoms with van der Waals surface area (Å²) in [6.45, 7) is 0. The van der Waals surface area contributed by atoms with Crippen LogP contribution in [0.4, 0.5) is 0 Å². The Morgan fingerprint density at radius 3 is 2.42 bits per heavy atom. The molecule has 0 aliphatic carbocycles. The molecule has 0 amide bonds. The highest BCUT2D eigenvalue weighted by molar-refractivity contribution is 14.1. The Bertz CT molecular complexity index is 367. The minimum Gasteiger partial charge on any atom is -0.211 e. The molecular weight excluding hydrogens is 263 g/mol. The molecule has 1 aromatic carbocycles. The summed E-state index contributed by atoms with van der Waals surface area (Å²) in [5, 5.41) is 4.10. The summed E-state index contributed by atoms with van der Waals surface area (Å²) in [6.07, 6.45) is 3.86. The van der Waals surface area contributed by atoms with Crippen molar-refractivity contribution in [3.05, 3.63) is 42.7 Å². The second kappa shape index (κ2) is 3.26. The predicted octanol–water partition coefficient (Wildman–Crippen LogP) is 2.75. The van der Waals surface area contributed by atoms with Crippen molar-refractivity contribution in [1.82, 2.24) is 7.99 Å². The molecule has 3 heteroatoms. The van der Waals surface area contributed by atoms with E-state index < -0.39 is 0 Å². The summed E-state index contributed by atoms with van der Waals surface area (Å²) in [5.74, 6) is 0. The Kier molecular flexibility index (Phi) is 2.12. The molecule has 0 spiro atoms. The molecule has 1 heterocycles. The third-order valence-electron chi connectivity index (χ3n) is 1.66. The molecule has 0 radical (unpaired) electrons. The standard InChI is InChI=1S/C9H7IN2/c10-12-7-9(6-11-12)8-4-2-1-3-5-8/h1-7H. The SMILES string of the molecule is In1cc(-c2ccccc2)cn1. The molecule has 0 saturated heterocycles. The van der Waals surface area contributed by atoms with E-state index in [1.54, 1.807) is 2.90 Å². The van der Waals surface area contributed by atoms with Crippen molar-refractivity contribution in [1.29, 1.82) is 0 Å². The van der Waals surface area contributed by atoms with Crippen molar-refractivity contribution in [2.45, 2.75) is 0 Å². The molecule has 0 aliphatic heterocycles. The topological polar surface area (TPSA) is 17.8 Å². The third-order valence-corrected chi connectivity index (χ3v) is 2.19. The Morgan fingerprint density at radius 1 is 1.08 bits per heavy atom. The Balaban J connectivity index is 2.45. The summed E-state index contributed by atoms with van der Waals surface area (Å²) in [4.78, 5) is 0. The lowest BCUT2D eigenvalue weighted by molar-refractivity contribution is 1.06. The van der Waals surface area contributed by atoms with E-state index in [0.717, 1.165) is 5.56 Å². The van der Waals surface area contributed by atoms with Gasteiger partial charge in [-0.1, -0.05) is 30.3 Å². The van der Waals surface area contributed by atoms with Gasteiger partial charge in [-0.15, -0.1) is 0 Å². The molecule has 0 bridgehead atoms. The maximum atomic E-state index is 4.10. The lowest BCUT2D eigenvalue weighted by Gasteiger charge is -1.92. The van der Waals surface area contributed by atoms with Crippen LogP contribution in [0, 0.1) is 0 Å². The van der Waals surface area contributed by atoms with Gasteiger partial charge in [-0.2, -0.15) is 5.10 Å². The summed E-state index contributed by atoms with van der Waals surface area (Å²) < 4.78 is 1.78. The summed E-state index contributed by atoms with van der Waals surface area (Å²) in [7, 11) is 0. The van der Waals surface area contributed by atoms with Gasteiger partial charge < -0.3 is 0 Å². The van der Waals surface area contributed by atoms with E-state index in [2.05, 4.69) is 40.1 Å². The second-order valence-corrected chi connectivity index (χ2v) is 3.47. The van der Waals surface area contributed by atoms with Crippen molar-refractivity contribution < 1.29 is 0 Å². The van der Waals surface area contributed by atoms with Crippen LogP contribution in [0.15, 0.2) is 42.7 Å². The average Bonchev–Trinajstić information content (AvgIpc) is 2.54. The van der Waals surface area contributed by atoms with Crippen molar-refractivity contribution in [3.8, 4) is 11.1 Å². The van der Waals surface area contributed by atoms with Crippen LogP contribution in [-0.4, -0.2) is 7.99 Å². The molecule has 0 aliphatic rings. The number of aromatic nitrogens is 2. The van der Waals surface area contributed by atoms with E-state index in [9.17, 15) is 0 Å². The van der Waals surface area contributed by atoms with Crippen LogP contribution in [0.25, 0.3) is 11.1 Å². The summed E-state index contributed by atoms with van der Waals surface area (Å²) in [5.41, 5.74) is 2.37. The van der Waals surface area contributed by atoms with Crippen molar-refractivity contribution in [3.63, 3.8) is 0 Å². The maximum absolute atomic E-state index is 4.10. The largest absolute Gasteiger partial charge is 0.211 e. The third kappa shape index (κ3) is 1.50. The van der Waals surface area contributed by atoms with Crippen LogP contribution >= 0.6 is 22.9 Å². The Labute approximate surface area is 84.7 Å². The zero-order valence-corrected chi connectivity index (χ0v) is 8.47. The van der Waals surface area contributed by atoms with E-state index in [-0.39, 0.29) is 0 Å². The number of rotatable bonds is 1. The Hall–Kier alpha value is -0.840. The highest BCUT2D eigenvalue weighted by Gasteiger charge is 1.97. The first kappa shape index (κ1) is 7.79. The van der Waals surface area contributed by atoms with Crippen LogP contribution in [0.5, 0.6) is 0 Å². The quantitative estimate of drug-likeness (QED) is 0.728. The van der Waals surface area contributed by atoms with Crippen molar-refractivity contribution in [2.24, 2.45) is 0 Å². The van der Waals surface area contributed by atoms with E-state index in [0.29, 0.717) is 0 Å². The number of hydrogen-bond acceptors (Lipinski definition) is 1. The molecule has 2 rings (SSSR count). The molecule has 60 valence electrons. The molecule has 0 N–H and O–H groups in total. The Morgan fingerprint density at radius 2 is 1.83 bits per heavy atom. The van der Waals surface area contributed by atoms with Gasteiger partial charge in [-0.05, 0) is 5.56 Å². The van der Waals surface area contributed by atoms with Crippen molar-refractivity contribution >= 4 is 22.9 Å². The molecule has 0 unspecified atom stereocenters. The number of hydrogen-bond donors (Lipinski definition) is 0. The average molecular weight is 270 g/mol. The van der Waals surface area contributed by atoms with Crippen LogP contribution in [0.2, 0.25) is 0 Å². The molecule has 2 aromatic rings. The molecule has 2 nitrogen and oxygen atoms in total. The first-order valence-corrected chi connectivity index (χ1v) is 4.59. The number of benzene rings is 1. The van der Waals surface area contributed by atoms with Gasteiger partial charge >= 0.3 is 0 Å². The molecule has 1 aromatic heterocycles. The fourth-order valence-corrected chi connectivity index (χ4v) is 1.50. The van der Waals surface area contributed by atoms with Gasteiger partial charge in [0, 0.05) is 11.8 Å². The lowest BCUT2D eigenvalue weighted by Crippen LogP contribution is -1.73. The number of nitrogens with zero attached hydrogens (tertiary/aromatic N) is 2. The van der Waals surface area contributed by atoms with E-state index in [4.69, 9.17) is 0 Å². The van der Waals surface area contributed by atoms with Gasteiger partial charge in [-0.25, -0.2) is 2.90 Å².